The molecule has 0 saturated carbocycles. The van der Waals surface area contributed by atoms with E-state index in [0.717, 1.165) is 11.1 Å². The van der Waals surface area contributed by atoms with Crippen LogP contribution in [0, 0.1) is 0 Å². The van der Waals surface area contributed by atoms with Gasteiger partial charge >= 0.3 is 0 Å². The molecule has 0 spiro atoms. The van der Waals surface area contributed by atoms with E-state index < -0.39 is 0 Å². The number of aryl methyl sites for hydroxylation is 1. The molecule has 0 unspecified atom stereocenters. The number of hydrogen-bond acceptors (Lipinski definition) is 6. The van der Waals surface area contributed by atoms with Gasteiger partial charge in [-0.2, -0.15) is 15.1 Å². The van der Waals surface area contributed by atoms with Crippen LogP contribution in [-0.2, 0) is 13.6 Å². The van der Waals surface area contributed by atoms with Crippen LogP contribution < -0.4 is 9.47 Å². The first-order valence-corrected chi connectivity index (χ1v) is 8.30. The molecule has 0 atom stereocenters. The maximum atomic E-state index is 12.6. The Morgan fingerprint density at radius 2 is 1.74 bits per heavy atom. The Hall–Kier alpha value is -3.42. The molecular formula is C19H21N5O3. The molecule has 3 aromatic rings. The second-order valence-corrected chi connectivity index (χ2v) is 6.04. The van der Waals surface area contributed by atoms with Gasteiger partial charge in [0, 0.05) is 43.5 Å². The SMILES string of the molecule is COc1cc(OC)nc(-c2ccc(C(=O)N(C)Cc3cnn(C)c3)cc2)n1. The molecule has 0 N–H and O–H groups in total. The van der Waals surface area contributed by atoms with Crippen LogP contribution in [0.25, 0.3) is 11.4 Å². The monoisotopic (exact) mass is 367 g/mol. The van der Waals surface area contributed by atoms with E-state index in [1.54, 1.807) is 53.2 Å². The molecule has 1 amide bonds. The number of methoxy groups -OCH3 is 2. The maximum absolute atomic E-state index is 12.6. The summed E-state index contributed by atoms with van der Waals surface area (Å²) >= 11 is 0. The van der Waals surface area contributed by atoms with E-state index in [4.69, 9.17) is 9.47 Å². The van der Waals surface area contributed by atoms with Gasteiger partial charge in [-0.3, -0.25) is 9.48 Å². The van der Waals surface area contributed by atoms with Crippen molar-refractivity contribution in [2.24, 2.45) is 7.05 Å². The van der Waals surface area contributed by atoms with Crippen molar-refractivity contribution in [3.05, 3.63) is 53.9 Å². The molecular weight excluding hydrogens is 346 g/mol. The predicted molar refractivity (Wildman–Crippen MR) is 99.6 cm³/mol. The van der Waals surface area contributed by atoms with Crippen molar-refractivity contribution in [1.29, 1.82) is 0 Å². The van der Waals surface area contributed by atoms with Crippen molar-refractivity contribution in [3.63, 3.8) is 0 Å². The minimum absolute atomic E-state index is 0.0745. The standard InChI is InChI=1S/C19H21N5O3/c1-23(11-13-10-20-24(2)12-13)19(25)15-7-5-14(6-8-15)18-21-16(26-3)9-17(22-18)27-4/h5-10,12H,11H2,1-4H3. The highest BCUT2D eigenvalue weighted by Crippen LogP contribution is 2.23. The first-order valence-electron chi connectivity index (χ1n) is 8.30. The minimum atomic E-state index is -0.0745. The summed E-state index contributed by atoms with van der Waals surface area (Å²) < 4.78 is 12.1. The van der Waals surface area contributed by atoms with Crippen molar-refractivity contribution in [2.45, 2.75) is 6.54 Å². The van der Waals surface area contributed by atoms with E-state index in [-0.39, 0.29) is 5.91 Å². The van der Waals surface area contributed by atoms with Crippen molar-refractivity contribution in [3.8, 4) is 23.1 Å². The highest BCUT2D eigenvalue weighted by Gasteiger charge is 2.14. The zero-order valence-corrected chi connectivity index (χ0v) is 15.7. The lowest BCUT2D eigenvalue weighted by Crippen LogP contribution is -2.25. The highest BCUT2D eigenvalue weighted by molar-refractivity contribution is 5.94. The number of carbonyl (C=O) groups is 1. The molecule has 2 aromatic heterocycles. The number of hydrogen-bond donors (Lipinski definition) is 0. The van der Waals surface area contributed by atoms with Crippen LogP contribution in [0.1, 0.15) is 15.9 Å². The van der Waals surface area contributed by atoms with E-state index in [1.807, 2.05) is 13.2 Å². The Labute approximate surface area is 157 Å². The average Bonchev–Trinajstić information content (AvgIpc) is 3.11. The Balaban J connectivity index is 1.77. The number of aromatic nitrogens is 4. The molecule has 2 heterocycles. The summed E-state index contributed by atoms with van der Waals surface area (Å²) in [4.78, 5) is 22.9. The summed E-state index contributed by atoms with van der Waals surface area (Å²) in [6, 6.07) is 8.73. The molecule has 8 nitrogen and oxygen atoms in total. The number of benzene rings is 1. The highest BCUT2D eigenvalue weighted by atomic mass is 16.5. The second-order valence-electron chi connectivity index (χ2n) is 6.04. The van der Waals surface area contributed by atoms with Gasteiger partial charge in [-0.05, 0) is 12.1 Å². The molecule has 27 heavy (non-hydrogen) atoms. The van der Waals surface area contributed by atoms with Gasteiger partial charge in [-0.25, -0.2) is 0 Å². The molecule has 0 aliphatic heterocycles. The average molecular weight is 367 g/mol. The van der Waals surface area contributed by atoms with Gasteiger partial charge in [0.25, 0.3) is 5.91 Å². The molecule has 0 saturated heterocycles. The third-order valence-electron chi connectivity index (χ3n) is 4.01. The summed E-state index contributed by atoms with van der Waals surface area (Å²) in [6.07, 6.45) is 3.64. The Kier molecular flexibility index (Phi) is 5.35. The Morgan fingerprint density at radius 1 is 1.11 bits per heavy atom. The van der Waals surface area contributed by atoms with Crippen LogP contribution in [0.5, 0.6) is 11.8 Å². The maximum Gasteiger partial charge on any atom is 0.253 e. The first-order chi connectivity index (χ1) is 13.0. The fourth-order valence-corrected chi connectivity index (χ4v) is 2.62. The van der Waals surface area contributed by atoms with Crippen molar-refractivity contribution in [2.75, 3.05) is 21.3 Å². The van der Waals surface area contributed by atoms with Crippen LogP contribution in [0.4, 0.5) is 0 Å². The normalized spacial score (nSPS) is 10.5. The van der Waals surface area contributed by atoms with Crippen LogP contribution in [-0.4, -0.2) is 51.8 Å². The second kappa shape index (κ2) is 7.86. The van der Waals surface area contributed by atoms with Crippen LogP contribution in [0.15, 0.2) is 42.7 Å². The van der Waals surface area contributed by atoms with Crippen molar-refractivity contribution < 1.29 is 14.3 Å². The minimum Gasteiger partial charge on any atom is -0.481 e. The lowest BCUT2D eigenvalue weighted by Gasteiger charge is -2.16. The third-order valence-corrected chi connectivity index (χ3v) is 4.01. The van der Waals surface area contributed by atoms with E-state index >= 15 is 0 Å². The van der Waals surface area contributed by atoms with E-state index in [9.17, 15) is 4.79 Å². The van der Waals surface area contributed by atoms with E-state index in [1.165, 1.54) is 14.2 Å². The summed E-state index contributed by atoms with van der Waals surface area (Å²) in [6.45, 7) is 0.491. The molecule has 8 heteroatoms. The fraction of sp³-hybridized carbons (Fsp3) is 0.263. The number of ether oxygens (including phenoxy) is 2. The van der Waals surface area contributed by atoms with Gasteiger partial charge in [0.2, 0.25) is 11.8 Å². The van der Waals surface area contributed by atoms with Gasteiger partial charge in [-0.15, -0.1) is 0 Å². The Bertz CT molecular complexity index is 915. The van der Waals surface area contributed by atoms with Crippen molar-refractivity contribution in [1.82, 2.24) is 24.6 Å². The zero-order chi connectivity index (χ0) is 19.4. The molecule has 0 aliphatic rings. The van der Waals surface area contributed by atoms with Crippen LogP contribution >= 0.6 is 0 Å². The largest absolute Gasteiger partial charge is 0.481 e. The first kappa shape index (κ1) is 18.4. The van der Waals surface area contributed by atoms with Crippen LogP contribution in [0.3, 0.4) is 0 Å². The van der Waals surface area contributed by atoms with Gasteiger partial charge in [0.1, 0.15) is 0 Å². The molecule has 140 valence electrons. The third kappa shape index (κ3) is 4.22. The number of amides is 1. The number of rotatable bonds is 6. The van der Waals surface area contributed by atoms with Gasteiger partial charge in [0.05, 0.1) is 26.5 Å². The smallest absolute Gasteiger partial charge is 0.253 e. The van der Waals surface area contributed by atoms with Gasteiger partial charge in [-0.1, -0.05) is 12.1 Å². The number of nitrogens with zero attached hydrogens (tertiary/aromatic N) is 5. The fourth-order valence-electron chi connectivity index (χ4n) is 2.62. The Morgan fingerprint density at radius 3 is 2.26 bits per heavy atom. The summed E-state index contributed by atoms with van der Waals surface area (Å²) in [5.41, 5.74) is 2.32. The quantitative estimate of drug-likeness (QED) is 0.664. The summed E-state index contributed by atoms with van der Waals surface area (Å²) in [5.74, 6) is 1.21. The van der Waals surface area contributed by atoms with Gasteiger partial charge < -0.3 is 14.4 Å². The number of carbonyl (C=O) groups excluding carboxylic acids is 1. The molecule has 1 aromatic carbocycles. The topological polar surface area (TPSA) is 82.4 Å². The molecule has 3 rings (SSSR count). The van der Waals surface area contributed by atoms with Crippen molar-refractivity contribution >= 4 is 5.91 Å². The van der Waals surface area contributed by atoms with E-state index in [0.29, 0.717) is 29.7 Å². The molecule has 0 radical (unpaired) electrons. The predicted octanol–water partition coefficient (Wildman–Crippen LogP) is 2.17. The zero-order valence-electron chi connectivity index (χ0n) is 15.7. The lowest BCUT2D eigenvalue weighted by atomic mass is 10.1. The van der Waals surface area contributed by atoms with E-state index in [2.05, 4.69) is 15.1 Å². The van der Waals surface area contributed by atoms with Gasteiger partial charge in [0.15, 0.2) is 5.82 Å². The molecule has 0 fully saturated rings. The summed E-state index contributed by atoms with van der Waals surface area (Å²) in [7, 11) is 6.68. The summed E-state index contributed by atoms with van der Waals surface area (Å²) in [5, 5.41) is 4.12. The lowest BCUT2D eigenvalue weighted by molar-refractivity contribution is 0.0785. The molecule has 0 bridgehead atoms. The van der Waals surface area contributed by atoms with Crippen LogP contribution in [0.2, 0.25) is 0 Å². The molecule has 0 aliphatic carbocycles.